The molecule has 0 amide bonds. The molecule has 0 fully saturated rings. The highest BCUT2D eigenvalue weighted by atomic mass is 16.5. The smallest absolute Gasteiger partial charge is 0.302 e. The molecule has 0 saturated carbocycles. The summed E-state index contributed by atoms with van der Waals surface area (Å²) < 4.78 is 5.00. The van der Waals surface area contributed by atoms with Crippen molar-refractivity contribution in [2.45, 2.75) is 33.1 Å². The zero-order chi connectivity index (χ0) is 12.0. The van der Waals surface area contributed by atoms with Crippen molar-refractivity contribution in [3.63, 3.8) is 0 Å². The zero-order valence-corrected chi connectivity index (χ0v) is 10.3. The quantitative estimate of drug-likeness (QED) is 0.711. The van der Waals surface area contributed by atoms with Gasteiger partial charge in [-0.25, -0.2) is 0 Å². The molecule has 0 spiro atoms. The molecule has 1 aromatic carbocycles. The van der Waals surface area contributed by atoms with Crippen molar-refractivity contribution in [1.29, 1.82) is 0 Å². The van der Waals surface area contributed by atoms with Crippen molar-refractivity contribution in [2.75, 3.05) is 6.61 Å². The summed E-state index contributed by atoms with van der Waals surface area (Å²) in [6, 6.07) is 10.4. The standard InChI is InChI=1S/C14H20O2/c1-11(10-16-13(3)15)9-12(2)14-7-5-4-6-8-14/h4-8,11-12H,9-10H2,1-3H3. The fourth-order valence-corrected chi connectivity index (χ4v) is 1.85. The van der Waals surface area contributed by atoms with Crippen molar-refractivity contribution < 1.29 is 9.53 Å². The van der Waals surface area contributed by atoms with Gasteiger partial charge in [-0.15, -0.1) is 0 Å². The molecule has 0 N–H and O–H groups in total. The summed E-state index contributed by atoms with van der Waals surface area (Å²) in [5.41, 5.74) is 1.34. The lowest BCUT2D eigenvalue weighted by Crippen LogP contribution is -2.11. The van der Waals surface area contributed by atoms with Crippen molar-refractivity contribution in [2.24, 2.45) is 5.92 Å². The second-order valence-electron chi connectivity index (χ2n) is 4.46. The summed E-state index contributed by atoms with van der Waals surface area (Å²) in [4.78, 5) is 10.7. The Bertz CT molecular complexity index is 319. The molecular weight excluding hydrogens is 200 g/mol. The first-order chi connectivity index (χ1) is 7.59. The van der Waals surface area contributed by atoms with Crippen LogP contribution in [-0.4, -0.2) is 12.6 Å². The molecule has 2 heteroatoms. The van der Waals surface area contributed by atoms with Crippen molar-refractivity contribution in [3.05, 3.63) is 35.9 Å². The predicted molar refractivity (Wildman–Crippen MR) is 65.3 cm³/mol. The molecule has 2 atom stereocenters. The van der Waals surface area contributed by atoms with E-state index < -0.39 is 0 Å². The summed E-state index contributed by atoms with van der Waals surface area (Å²) in [6.07, 6.45) is 1.04. The Morgan fingerprint density at radius 1 is 1.25 bits per heavy atom. The van der Waals surface area contributed by atoms with Crippen LogP contribution in [0.5, 0.6) is 0 Å². The number of hydrogen-bond acceptors (Lipinski definition) is 2. The average Bonchev–Trinajstić information content (AvgIpc) is 2.27. The first kappa shape index (κ1) is 12.8. The van der Waals surface area contributed by atoms with E-state index in [1.165, 1.54) is 12.5 Å². The number of carbonyl (C=O) groups is 1. The van der Waals surface area contributed by atoms with E-state index in [1.54, 1.807) is 0 Å². The summed E-state index contributed by atoms with van der Waals surface area (Å²) >= 11 is 0. The highest BCUT2D eigenvalue weighted by Crippen LogP contribution is 2.22. The van der Waals surface area contributed by atoms with E-state index in [4.69, 9.17) is 4.74 Å². The van der Waals surface area contributed by atoms with Gasteiger partial charge in [-0.2, -0.15) is 0 Å². The molecule has 0 aliphatic carbocycles. The van der Waals surface area contributed by atoms with E-state index in [0.717, 1.165) is 6.42 Å². The van der Waals surface area contributed by atoms with Crippen LogP contribution in [0.15, 0.2) is 30.3 Å². The Morgan fingerprint density at radius 2 is 1.88 bits per heavy atom. The zero-order valence-electron chi connectivity index (χ0n) is 10.3. The molecule has 0 saturated heterocycles. The van der Waals surface area contributed by atoms with Crippen LogP contribution >= 0.6 is 0 Å². The normalized spacial score (nSPS) is 14.2. The van der Waals surface area contributed by atoms with Crippen molar-refractivity contribution in [1.82, 2.24) is 0 Å². The molecule has 0 bridgehead atoms. The molecule has 0 aromatic heterocycles. The molecule has 16 heavy (non-hydrogen) atoms. The van der Waals surface area contributed by atoms with Gasteiger partial charge in [0.1, 0.15) is 0 Å². The maximum absolute atomic E-state index is 10.7. The maximum Gasteiger partial charge on any atom is 0.302 e. The first-order valence-electron chi connectivity index (χ1n) is 5.78. The van der Waals surface area contributed by atoms with Gasteiger partial charge in [0.05, 0.1) is 6.61 Å². The van der Waals surface area contributed by atoms with Gasteiger partial charge in [0, 0.05) is 6.92 Å². The minimum Gasteiger partial charge on any atom is -0.466 e. The second kappa shape index (κ2) is 6.31. The first-order valence-corrected chi connectivity index (χ1v) is 5.78. The molecular formula is C14H20O2. The summed E-state index contributed by atoms with van der Waals surface area (Å²) in [7, 11) is 0. The van der Waals surface area contributed by atoms with Crippen LogP contribution in [0.4, 0.5) is 0 Å². The van der Waals surface area contributed by atoms with Crippen LogP contribution in [0.2, 0.25) is 0 Å². The Labute approximate surface area is 97.6 Å². The van der Waals surface area contributed by atoms with Crippen LogP contribution in [-0.2, 0) is 9.53 Å². The van der Waals surface area contributed by atoms with Crippen LogP contribution in [0.25, 0.3) is 0 Å². The van der Waals surface area contributed by atoms with Gasteiger partial charge in [-0.3, -0.25) is 4.79 Å². The summed E-state index contributed by atoms with van der Waals surface area (Å²) in [5.74, 6) is 0.713. The molecule has 0 aliphatic heterocycles. The van der Waals surface area contributed by atoms with Crippen LogP contribution < -0.4 is 0 Å². The van der Waals surface area contributed by atoms with Gasteiger partial charge >= 0.3 is 5.97 Å². The molecule has 2 nitrogen and oxygen atoms in total. The van der Waals surface area contributed by atoms with Crippen molar-refractivity contribution >= 4 is 5.97 Å². The van der Waals surface area contributed by atoms with Crippen LogP contribution in [0, 0.1) is 5.92 Å². The molecule has 88 valence electrons. The van der Waals surface area contributed by atoms with E-state index in [0.29, 0.717) is 18.4 Å². The minimum atomic E-state index is -0.195. The number of hydrogen-bond donors (Lipinski definition) is 0. The fraction of sp³-hybridized carbons (Fsp3) is 0.500. The third kappa shape index (κ3) is 4.47. The van der Waals surface area contributed by atoms with Crippen molar-refractivity contribution in [3.8, 4) is 0 Å². The van der Waals surface area contributed by atoms with Gasteiger partial charge in [0.2, 0.25) is 0 Å². The number of benzene rings is 1. The summed E-state index contributed by atoms with van der Waals surface area (Å²) in [5, 5.41) is 0. The number of ether oxygens (including phenoxy) is 1. The lowest BCUT2D eigenvalue weighted by atomic mass is 9.91. The van der Waals surface area contributed by atoms with Gasteiger partial charge in [-0.1, -0.05) is 44.2 Å². The molecule has 1 rings (SSSR count). The van der Waals surface area contributed by atoms with E-state index >= 15 is 0 Å². The fourth-order valence-electron chi connectivity index (χ4n) is 1.85. The summed E-state index contributed by atoms with van der Waals surface area (Å²) in [6.45, 7) is 6.29. The lowest BCUT2D eigenvalue weighted by molar-refractivity contribution is -0.142. The monoisotopic (exact) mass is 220 g/mol. The molecule has 0 heterocycles. The molecule has 0 aliphatic rings. The molecule has 1 aromatic rings. The Balaban J connectivity index is 2.39. The highest BCUT2D eigenvalue weighted by molar-refractivity contribution is 5.65. The lowest BCUT2D eigenvalue weighted by Gasteiger charge is -2.17. The topological polar surface area (TPSA) is 26.3 Å². The molecule has 0 radical (unpaired) electrons. The largest absolute Gasteiger partial charge is 0.466 e. The van der Waals surface area contributed by atoms with Gasteiger partial charge in [0.15, 0.2) is 0 Å². The van der Waals surface area contributed by atoms with E-state index in [9.17, 15) is 4.79 Å². The Morgan fingerprint density at radius 3 is 2.44 bits per heavy atom. The van der Waals surface area contributed by atoms with Crippen LogP contribution in [0.3, 0.4) is 0 Å². The van der Waals surface area contributed by atoms with Gasteiger partial charge in [0.25, 0.3) is 0 Å². The van der Waals surface area contributed by atoms with E-state index in [2.05, 4.69) is 38.1 Å². The number of rotatable bonds is 5. The number of carbonyl (C=O) groups excluding carboxylic acids is 1. The minimum absolute atomic E-state index is 0.195. The third-order valence-electron chi connectivity index (χ3n) is 2.70. The SMILES string of the molecule is CC(=O)OCC(C)CC(C)c1ccccc1. The predicted octanol–water partition coefficient (Wildman–Crippen LogP) is 3.38. The molecule has 2 unspecified atom stereocenters. The number of esters is 1. The van der Waals surface area contributed by atoms with E-state index in [-0.39, 0.29) is 5.97 Å². The van der Waals surface area contributed by atoms with Crippen LogP contribution in [0.1, 0.15) is 38.7 Å². The van der Waals surface area contributed by atoms with E-state index in [1.807, 2.05) is 6.07 Å². The Kier molecular flexibility index (Phi) is 5.03. The average molecular weight is 220 g/mol. The Hall–Kier alpha value is -1.31. The van der Waals surface area contributed by atoms with Gasteiger partial charge in [-0.05, 0) is 23.8 Å². The maximum atomic E-state index is 10.7. The second-order valence-corrected chi connectivity index (χ2v) is 4.46. The van der Waals surface area contributed by atoms with Gasteiger partial charge < -0.3 is 4.74 Å². The highest BCUT2D eigenvalue weighted by Gasteiger charge is 2.11. The third-order valence-corrected chi connectivity index (χ3v) is 2.70.